The van der Waals surface area contributed by atoms with Gasteiger partial charge in [-0.25, -0.2) is 4.98 Å². The van der Waals surface area contributed by atoms with Crippen molar-refractivity contribution >= 4 is 33.2 Å². The molecule has 1 unspecified atom stereocenters. The zero-order chi connectivity index (χ0) is 25.6. The Bertz CT molecular complexity index is 1500. The topological polar surface area (TPSA) is 74.5 Å². The molecular weight excluding hydrogens is 478 g/mol. The van der Waals surface area contributed by atoms with E-state index in [4.69, 9.17) is 4.98 Å². The van der Waals surface area contributed by atoms with Crippen molar-refractivity contribution < 1.29 is 5.11 Å². The van der Waals surface area contributed by atoms with E-state index >= 15 is 0 Å². The van der Waals surface area contributed by atoms with Gasteiger partial charge in [0, 0.05) is 33.8 Å². The quantitative estimate of drug-likeness (QED) is 0.212. The summed E-state index contributed by atoms with van der Waals surface area (Å²) in [5.41, 5.74) is 5.99. The number of aliphatic hydroxyl groups excluding tert-OH is 1. The Morgan fingerprint density at radius 3 is 2.35 bits per heavy atom. The molecule has 7 heteroatoms. The molecule has 0 saturated heterocycles. The highest BCUT2D eigenvalue weighted by Crippen LogP contribution is 2.28. The van der Waals surface area contributed by atoms with E-state index < -0.39 is 0 Å². The Morgan fingerprint density at radius 1 is 0.973 bits per heavy atom. The maximum absolute atomic E-state index is 9.98. The molecule has 2 atom stereocenters. The summed E-state index contributed by atoms with van der Waals surface area (Å²) in [4.78, 5) is 6.02. The zero-order valence-electron chi connectivity index (χ0n) is 21.0. The van der Waals surface area contributed by atoms with Crippen LogP contribution in [0.5, 0.6) is 0 Å². The fourth-order valence-corrected chi connectivity index (χ4v) is 5.74. The predicted molar refractivity (Wildman–Crippen MR) is 155 cm³/mol. The van der Waals surface area contributed by atoms with E-state index in [-0.39, 0.29) is 23.3 Å². The largest absolute Gasteiger partial charge is 0.395 e. The molecule has 188 valence electrons. The summed E-state index contributed by atoms with van der Waals surface area (Å²) in [6.07, 6.45) is 2.62. The molecule has 2 heterocycles. The second kappa shape index (κ2) is 11.5. The second-order valence-electron chi connectivity index (χ2n) is 8.87. The van der Waals surface area contributed by atoms with Crippen LogP contribution in [-0.2, 0) is 6.42 Å². The van der Waals surface area contributed by atoms with E-state index in [1.807, 2.05) is 60.1 Å². The number of hydrogen-bond donors (Lipinski definition) is 3. The Balaban J connectivity index is 1.36. The molecule has 0 bridgehead atoms. The highest BCUT2D eigenvalue weighted by Gasteiger charge is 2.13. The number of anilines is 2. The molecule has 0 aliphatic carbocycles. The molecule has 3 aromatic carbocycles. The molecule has 0 spiro atoms. The normalized spacial score (nSPS) is 13.1. The fraction of sp³-hybridized carbons (Fsp3) is 0.167. The average molecular weight is 510 g/mol. The molecule has 6 nitrogen and oxygen atoms in total. The monoisotopic (exact) mass is 509 g/mol. The summed E-state index contributed by atoms with van der Waals surface area (Å²) in [5.74, 6) is 0.854. The Morgan fingerprint density at radius 2 is 1.68 bits per heavy atom. The molecule has 3 N–H and O–H groups in total. The van der Waals surface area contributed by atoms with E-state index in [9.17, 15) is 5.11 Å². The van der Waals surface area contributed by atoms with Crippen molar-refractivity contribution in [1.29, 1.82) is 0 Å². The number of rotatable bonds is 9. The van der Waals surface area contributed by atoms with E-state index in [1.54, 1.807) is 0 Å². The van der Waals surface area contributed by atoms with Crippen LogP contribution in [0.2, 0.25) is 0 Å². The summed E-state index contributed by atoms with van der Waals surface area (Å²) in [5, 5.41) is 20.2. The Labute approximate surface area is 220 Å². The SMILES string of the molecule is C/C=S(/N[C@H](CO)Cc1ccccc1)c1ccc(Nc2cc(-c3ccccc3)nc3c(C)cnn23)cc1. The first-order valence-electron chi connectivity index (χ1n) is 12.4. The minimum absolute atomic E-state index is 0.0238. The van der Waals surface area contributed by atoms with Crippen molar-refractivity contribution in [1.82, 2.24) is 19.3 Å². The van der Waals surface area contributed by atoms with E-state index in [0.717, 1.165) is 40.4 Å². The van der Waals surface area contributed by atoms with Gasteiger partial charge in [-0.2, -0.15) is 9.61 Å². The van der Waals surface area contributed by atoms with E-state index in [2.05, 4.69) is 76.0 Å². The molecule has 0 aliphatic heterocycles. The van der Waals surface area contributed by atoms with Gasteiger partial charge in [0.25, 0.3) is 0 Å². The lowest BCUT2D eigenvalue weighted by molar-refractivity contribution is 0.258. The number of aromatic nitrogens is 3. The van der Waals surface area contributed by atoms with Crippen LogP contribution in [-0.4, -0.2) is 37.7 Å². The standard InChI is InChI=1S/C30H31N5OS/c1-3-37(34-26(21-36)18-23-10-6-4-7-11-23)27-16-14-25(15-17-27)32-29-19-28(24-12-8-5-9-13-24)33-30-22(2)20-31-35(29)30/h3-17,19-20,26,32,34,36H,18,21H2,1-2H3/t26-,37?/m0/s1. The molecule has 0 amide bonds. The molecule has 0 radical (unpaired) electrons. The molecule has 5 rings (SSSR count). The van der Waals surface area contributed by atoms with Crippen LogP contribution in [0, 0.1) is 6.92 Å². The molecule has 5 aromatic rings. The van der Waals surface area contributed by atoms with Gasteiger partial charge in [-0.1, -0.05) is 71.3 Å². The van der Waals surface area contributed by atoms with Crippen molar-refractivity contribution in [3.05, 3.63) is 108 Å². The van der Waals surface area contributed by atoms with Crippen molar-refractivity contribution in [2.75, 3.05) is 11.9 Å². The summed E-state index contributed by atoms with van der Waals surface area (Å²) >= 11 is 0. The molecular formula is C30H31N5OS. The second-order valence-corrected chi connectivity index (χ2v) is 10.7. The Kier molecular flexibility index (Phi) is 7.75. The van der Waals surface area contributed by atoms with E-state index in [1.165, 1.54) is 10.5 Å². The van der Waals surface area contributed by atoms with Crippen LogP contribution in [0.25, 0.3) is 16.9 Å². The van der Waals surface area contributed by atoms with Crippen molar-refractivity contribution in [2.24, 2.45) is 0 Å². The van der Waals surface area contributed by atoms with Gasteiger partial charge in [0.05, 0.1) is 18.5 Å². The fourth-order valence-electron chi connectivity index (χ4n) is 4.25. The van der Waals surface area contributed by atoms with Crippen molar-refractivity contribution in [3.63, 3.8) is 0 Å². The minimum atomic E-state index is -0.291. The molecule has 0 aliphatic rings. The van der Waals surface area contributed by atoms with Crippen LogP contribution in [0.3, 0.4) is 0 Å². The van der Waals surface area contributed by atoms with Gasteiger partial charge >= 0.3 is 0 Å². The predicted octanol–water partition coefficient (Wildman–Crippen LogP) is 6.01. The third-order valence-corrected chi connectivity index (χ3v) is 8.01. The lowest BCUT2D eigenvalue weighted by Crippen LogP contribution is -2.30. The highest BCUT2D eigenvalue weighted by atomic mass is 32.2. The van der Waals surface area contributed by atoms with Crippen molar-refractivity contribution in [2.45, 2.75) is 31.2 Å². The number of aliphatic hydroxyl groups is 1. The maximum Gasteiger partial charge on any atom is 0.160 e. The first kappa shape index (κ1) is 24.9. The maximum atomic E-state index is 9.98. The van der Waals surface area contributed by atoms with Gasteiger partial charge in [0.2, 0.25) is 0 Å². The highest BCUT2D eigenvalue weighted by molar-refractivity contribution is 8.13. The van der Waals surface area contributed by atoms with Crippen LogP contribution in [0.1, 0.15) is 18.1 Å². The van der Waals surface area contributed by atoms with Gasteiger partial charge in [-0.15, -0.1) is 0 Å². The summed E-state index contributed by atoms with van der Waals surface area (Å²) in [6, 6.07) is 30.9. The first-order chi connectivity index (χ1) is 18.1. The number of benzene rings is 3. The Hall–Kier alpha value is -3.78. The van der Waals surface area contributed by atoms with Crippen LogP contribution < -0.4 is 10.0 Å². The summed E-state index contributed by atoms with van der Waals surface area (Å²) < 4.78 is 5.46. The lowest BCUT2D eigenvalue weighted by atomic mass is 10.1. The van der Waals surface area contributed by atoms with Gasteiger partial charge in [0.15, 0.2) is 5.65 Å². The number of nitrogens with zero attached hydrogens (tertiary/aromatic N) is 3. The van der Waals surface area contributed by atoms with Gasteiger partial charge in [-0.05, 0) is 55.5 Å². The average Bonchev–Trinajstić information content (AvgIpc) is 3.33. The van der Waals surface area contributed by atoms with Crippen molar-refractivity contribution in [3.8, 4) is 11.3 Å². The molecule has 0 fully saturated rings. The number of fused-ring (bicyclic) bond motifs is 1. The molecule has 0 saturated carbocycles. The summed E-state index contributed by atoms with van der Waals surface area (Å²) in [7, 11) is -0.291. The van der Waals surface area contributed by atoms with Gasteiger partial charge in [0.1, 0.15) is 5.82 Å². The smallest absolute Gasteiger partial charge is 0.160 e. The third kappa shape index (κ3) is 5.80. The lowest BCUT2D eigenvalue weighted by Gasteiger charge is -2.20. The van der Waals surface area contributed by atoms with E-state index in [0.29, 0.717) is 0 Å². The summed E-state index contributed by atoms with van der Waals surface area (Å²) in [6.45, 7) is 4.16. The minimum Gasteiger partial charge on any atom is -0.395 e. The number of aryl methyl sites for hydroxylation is 1. The number of nitrogens with one attached hydrogen (secondary N) is 2. The molecule has 37 heavy (non-hydrogen) atoms. The van der Waals surface area contributed by atoms with Crippen LogP contribution in [0.15, 0.2) is 102 Å². The zero-order valence-corrected chi connectivity index (χ0v) is 21.8. The van der Waals surface area contributed by atoms with Gasteiger partial charge < -0.3 is 10.4 Å². The molecule has 2 aromatic heterocycles. The van der Waals surface area contributed by atoms with Gasteiger partial charge in [-0.3, -0.25) is 4.72 Å². The third-order valence-electron chi connectivity index (χ3n) is 6.17. The first-order valence-corrected chi connectivity index (χ1v) is 13.6. The van der Waals surface area contributed by atoms with Crippen LogP contribution >= 0.6 is 10.7 Å². The van der Waals surface area contributed by atoms with Crippen LogP contribution in [0.4, 0.5) is 11.5 Å². The number of hydrogen-bond acceptors (Lipinski definition) is 5.